The lowest BCUT2D eigenvalue weighted by atomic mass is 10.2. The molecule has 0 aliphatic heterocycles. The number of hydrogen-bond donors (Lipinski definition) is 1. The number of rotatable bonds is 6. The smallest absolute Gasteiger partial charge is 0.339 e. The van der Waals surface area contributed by atoms with Gasteiger partial charge in [-0.05, 0) is 23.8 Å². The molecule has 0 bridgehead atoms. The van der Waals surface area contributed by atoms with Gasteiger partial charge in [-0.25, -0.2) is 4.79 Å². The van der Waals surface area contributed by atoms with Crippen LogP contribution in [0.2, 0.25) is 0 Å². The zero-order valence-electron chi connectivity index (χ0n) is 12.7. The summed E-state index contributed by atoms with van der Waals surface area (Å²) in [5.41, 5.74) is 2.62. The molecule has 2 rings (SSSR count). The number of methoxy groups -OCH3 is 1. The van der Waals surface area contributed by atoms with Gasteiger partial charge in [0.2, 0.25) is 0 Å². The fourth-order valence-electron chi connectivity index (χ4n) is 1.96. The van der Waals surface area contributed by atoms with Crippen molar-refractivity contribution >= 4 is 5.97 Å². The number of pyridine rings is 1. The van der Waals surface area contributed by atoms with Crippen molar-refractivity contribution in [3.8, 4) is 0 Å². The highest BCUT2D eigenvalue weighted by atomic mass is 16.5. The third-order valence-electron chi connectivity index (χ3n) is 3.12. The summed E-state index contributed by atoms with van der Waals surface area (Å²) in [7, 11) is 1.36. The van der Waals surface area contributed by atoms with Crippen molar-refractivity contribution in [2.45, 2.75) is 33.0 Å². The van der Waals surface area contributed by atoms with Gasteiger partial charge in [0.05, 0.1) is 24.9 Å². The first-order valence-electron chi connectivity index (χ1n) is 7.00. The lowest BCUT2D eigenvalue weighted by Crippen LogP contribution is -2.21. The summed E-state index contributed by atoms with van der Waals surface area (Å²) in [6.45, 7) is 5.80. The maximum Gasteiger partial charge on any atom is 0.339 e. The molecule has 112 valence electrons. The van der Waals surface area contributed by atoms with Crippen molar-refractivity contribution in [3.63, 3.8) is 0 Å². The molecule has 0 saturated carbocycles. The topological polar surface area (TPSA) is 56.1 Å². The molecule has 0 aliphatic carbocycles. The molecule has 0 amide bonds. The highest BCUT2D eigenvalue weighted by molar-refractivity contribution is 5.88. The third-order valence-corrected chi connectivity index (χ3v) is 3.12. The van der Waals surface area contributed by atoms with E-state index in [0.717, 1.165) is 12.2 Å². The quantitative estimate of drug-likeness (QED) is 0.828. The first-order valence-corrected chi connectivity index (χ1v) is 7.00. The molecular formula is C16H21N3O2. The van der Waals surface area contributed by atoms with Crippen molar-refractivity contribution in [1.29, 1.82) is 0 Å². The fraction of sp³-hybridized carbons (Fsp3) is 0.375. The number of esters is 1. The van der Waals surface area contributed by atoms with E-state index >= 15 is 0 Å². The van der Waals surface area contributed by atoms with Crippen LogP contribution in [0.25, 0.3) is 0 Å². The number of nitrogens with one attached hydrogen (secondary N) is 1. The minimum absolute atomic E-state index is 0.364. The molecule has 0 aromatic carbocycles. The van der Waals surface area contributed by atoms with Crippen molar-refractivity contribution in [1.82, 2.24) is 14.9 Å². The molecule has 0 unspecified atom stereocenters. The van der Waals surface area contributed by atoms with Crippen LogP contribution in [-0.2, 0) is 17.8 Å². The number of carbonyl (C=O) groups is 1. The Balaban J connectivity index is 1.97. The predicted molar refractivity (Wildman–Crippen MR) is 81.1 cm³/mol. The molecule has 2 aromatic rings. The van der Waals surface area contributed by atoms with Gasteiger partial charge in [0.25, 0.3) is 0 Å². The maximum absolute atomic E-state index is 11.3. The van der Waals surface area contributed by atoms with Gasteiger partial charge >= 0.3 is 5.97 Å². The molecule has 0 radical (unpaired) electrons. The SMILES string of the molecule is COC(=O)c1ccc(Cn2ccc(CNC(C)C)c2)nc1. The van der Waals surface area contributed by atoms with Crippen LogP contribution in [0.1, 0.15) is 35.5 Å². The predicted octanol–water partition coefficient (Wildman–Crippen LogP) is 2.22. The molecule has 0 atom stereocenters. The van der Waals surface area contributed by atoms with Gasteiger partial charge < -0.3 is 14.6 Å². The molecule has 0 spiro atoms. The summed E-state index contributed by atoms with van der Waals surface area (Å²) in [5.74, 6) is -0.364. The molecular weight excluding hydrogens is 266 g/mol. The maximum atomic E-state index is 11.3. The second-order valence-electron chi connectivity index (χ2n) is 5.26. The molecule has 21 heavy (non-hydrogen) atoms. The Labute approximate surface area is 125 Å². The Kier molecular flexibility index (Phi) is 5.11. The van der Waals surface area contributed by atoms with Crippen molar-refractivity contribution < 1.29 is 9.53 Å². The summed E-state index contributed by atoms with van der Waals surface area (Å²) in [6, 6.07) is 6.15. The van der Waals surface area contributed by atoms with E-state index in [0.29, 0.717) is 18.2 Å². The van der Waals surface area contributed by atoms with Gasteiger partial charge in [-0.2, -0.15) is 0 Å². The summed E-state index contributed by atoms with van der Waals surface area (Å²) in [5, 5.41) is 3.38. The van der Waals surface area contributed by atoms with Crippen LogP contribution >= 0.6 is 0 Å². The van der Waals surface area contributed by atoms with Crippen LogP contribution in [0.5, 0.6) is 0 Å². The molecule has 0 fully saturated rings. The Morgan fingerprint density at radius 1 is 1.38 bits per heavy atom. The van der Waals surface area contributed by atoms with E-state index < -0.39 is 0 Å². The van der Waals surface area contributed by atoms with Gasteiger partial charge in [0.15, 0.2) is 0 Å². The molecule has 0 saturated heterocycles. The van der Waals surface area contributed by atoms with Gasteiger partial charge in [0.1, 0.15) is 0 Å². The standard InChI is InChI=1S/C16H21N3O2/c1-12(2)17-8-13-6-7-19(10-13)11-15-5-4-14(9-18-15)16(20)21-3/h4-7,9-10,12,17H,8,11H2,1-3H3. The minimum atomic E-state index is -0.364. The second kappa shape index (κ2) is 7.04. The Bertz CT molecular complexity index is 588. The van der Waals surface area contributed by atoms with E-state index in [4.69, 9.17) is 0 Å². The number of carbonyl (C=O) groups excluding carboxylic acids is 1. The van der Waals surface area contributed by atoms with Crippen molar-refractivity contribution in [3.05, 3.63) is 53.6 Å². The largest absolute Gasteiger partial charge is 0.465 e. The molecule has 5 nitrogen and oxygen atoms in total. The molecule has 1 N–H and O–H groups in total. The fourth-order valence-corrected chi connectivity index (χ4v) is 1.96. The molecule has 2 aromatic heterocycles. The van der Waals surface area contributed by atoms with E-state index in [1.54, 1.807) is 12.3 Å². The summed E-state index contributed by atoms with van der Waals surface area (Å²) in [6.07, 6.45) is 5.68. The van der Waals surface area contributed by atoms with Crippen molar-refractivity contribution in [2.75, 3.05) is 7.11 Å². The van der Waals surface area contributed by atoms with Crippen LogP contribution in [0.15, 0.2) is 36.8 Å². The highest BCUT2D eigenvalue weighted by Crippen LogP contribution is 2.07. The third kappa shape index (κ3) is 4.43. The second-order valence-corrected chi connectivity index (χ2v) is 5.26. The lowest BCUT2D eigenvalue weighted by molar-refractivity contribution is 0.0600. The minimum Gasteiger partial charge on any atom is -0.465 e. The van der Waals surface area contributed by atoms with Gasteiger partial charge in [-0.3, -0.25) is 4.98 Å². The average Bonchev–Trinajstić information content (AvgIpc) is 2.92. The first kappa shape index (κ1) is 15.3. The van der Waals surface area contributed by atoms with Crippen LogP contribution in [0.4, 0.5) is 0 Å². The summed E-state index contributed by atoms with van der Waals surface area (Å²) in [4.78, 5) is 15.6. The summed E-state index contributed by atoms with van der Waals surface area (Å²) < 4.78 is 6.73. The van der Waals surface area contributed by atoms with E-state index in [2.05, 4.69) is 45.7 Å². The Morgan fingerprint density at radius 2 is 2.19 bits per heavy atom. The van der Waals surface area contributed by atoms with Gasteiger partial charge in [-0.15, -0.1) is 0 Å². The number of hydrogen-bond acceptors (Lipinski definition) is 4. The number of ether oxygens (including phenoxy) is 1. The zero-order valence-corrected chi connectivity index (χ0v) is 12.7. The summed E-state index contributed by atoms with van der Waals surface area (Å²) >= 11 is 0. The number of aromatic nitrogens is 2. The average molecular weight is 287 g/mol. The molecule has 0 aliphatic rings. The van der Waals surface area contributed by atoms with Crippen LogP contribution in [0.3, 0.4) is 0 Å². The van der Waals surface area contributed by atoms with E-state index in [-0.39, 0.29) is 5.97 Å². The normalized spacial score (nSPS) is 10.9. The first-order chi connectivity index (χ1) is 10.1. The van der Waals surface area contributed by atoms with Crippen LogP contribution in [0, 0.1) is 0 Å². The Morgan fingerprint density at radius 3 is 2.81 bits per heavy atom. The van der Waals surface area contributed by atoms with Gasteiger partial charge in [-0.1, -0.05) is 13.8 Å². The monoisotopic (exact) mass is 287 g/mol. The van der Waals surface area contributed by atoms with Crippen LogP contribution in [-0.4, -0.2) is 28.7 Å². The van der Waals surface area contributed by atoms with E-state index in [1.807, 2.05) is 12.3 Å². The number of nitrogens with zero attached hydrogens (tertiary/aromatic N) is 2. The van der Waals surface area contributed by atoms with Gasteiger partial charge in [0, 0.05) is 31.2 Å². The highest BCUT2D eigenvalue weighted by Gasteiger charge is 2.06. The Hall–Kier alpha value is -2.14. The molecule has 2 heterocycles. The zero-order chi connectivity index (χ0) is 15.2. The molecule has 5 heteroatoms. The van der Waals surface area contributed by atoms with E-state index in [9.17, 15) is 4.79 Å². The van der Waals surface area contributed by atoms with Crippen LogP contribution < -0.4 is 5.32 Å². The van der Waals surface area contributed by atoms with E-state index in [1.165, 1.54) is 12.7 Å². The lowest BCUT2D eigenvalue weighted by Gasteiger charge is -2.06. The van der Waals surface area contributed by atoms with Crippen molar-refractivity contribution in [2.24, 2.45) is 0 Å².